The lowest BCUT2D eigenvalue weighted by Gasteiger charge is -2.25. The third-order valence-corrected chi connectivity index (χ3v) is 6.25. The maximum Gasteiger partial charge on any atom is 0.257 e. The van der Waals surface area contributed by atoms with Crippen LogP contribution in [-0.4, -0.2) is 39.0 Å². The largest absolute Gasteiger partial charge is 0.355 e. The summed E-state index contributed by atoms with van der Waals surface area (Å²) in [5.41, 5.74) is 4.66. The average Bonchev–Trinajstić information content (AvgIpc) is 3.23. The van der Waals surface area contributed by atoms with E-state index in [-0.39, 0.29) is 24.8 Å². The number of carbonyl (C=O) groups is 3. The molecule has 3 heterocycles. The third kappa shape index (κ3) is 4.84. The summed E-state index contributed by atoms with van der Waals surface area (Å²) >= 11 is 0. The van der Waals surface area contributed by atoms with E-state index in [1.54, 1.807) is 25.3 Å². The predicted octanol–water partition coefficient (Wildman–Crippen LogP) is 5.06. The number of para-hydroxylation sites is 1. The van der Waals surface area contributed by atoms with Crippen molar-refractivity contribution < 1.29 is 18.8 Å². The molecular formula is C28H24FN5O3. The van der Waals surface area contributed by atoms with Crippen LogP contribution in [0.3, 0.4) is 0 Å². The predicted molar refractivity (Wildman–Crippen MR) is 138 cm³/mol. The molecule has 0 saturated heterocycles. The Balaban J connectivity index is 1.53. The van der Waals surface area contributed by atoms with Gasteiger partial charge in [-0.1, -0.05) is 18.2 Å². The second-order valence-electron chi connectivity index (χ2n) is 8.86. The van der Waals surface area contributed by atoms with Crippen LogP contribution in [0.1, 0.15) is 38.9 Å². The second kappa shape index (κ2) is 9.69. The van der Waals surface area contributed by atoms with Gasteiger partial charge in [-0.15, -0.1) is 0 Å². The summed E-state index contributed by atoms with van der Waals surface area (Å²) < 4.78 is 13.5. The number of Topliss-reactive ketones (excluding diaryl/α,β-unsaturated/α-hetero) is 1. The standard InChI is InChI=1S/C28H24FN5O3/c1-16-12-19(29)8-9-21(16)28(37)33-24-13-18(10-11-30-24)26-27(31-20-6-4-3-5-7-20)25-22(32-26)14-34(17(2)35)15-23(25)36/h3-13,31-32H,14-15H2,1-2H3,(H,30,33,37). The number of halogens is 1. The Hall–Kier alpha value is -4.79. The number of aromatic nitrogens is 2. The fourth-order valence-corrected chi connectivity index (χ4v) is 4.43. The van der Waals surface area contributed by atoms with E-state index < -0.39 is 11.7 Å². The lowest BCUT2D eigenvalue weighted by molar-refractivity contribution is -0.129. The molecule has 37 heavy (non-hydrogen) atoms. The quantitative estimate of drug-likeness (QED) is 0.357. The Morgan fingerprint density at radius 2 is 1.84 bits per heavy atom. The van der Waals surface area contributed by atoms with Gasteiger partial charge in [0.1, 0.15) is 11.6 Å². The molecule has 0 saturated carbocycles. The van der Waals surface area contributed by atoms with Crippen molar-refractivity contribution in [2.45, 2.75) is 20.4 Å². The molecule has 1 aliphatic heterocycles. The van der Waals surface area contributed by atoms with Gasteiger partial charge in [0.05, 0.1) is 30.0 Å². The van der Waals surface area contributed by atoms with Crippen LogP contribution in [0.15, 0.2) is 66.9 Å². The molecular weight excluding hydrogens is 473 g/mol. The van der Waals surface area contributed by atoms with Gasteiger partial charge < -0.3 is 20.5 Å². The Bertz CT molecular complexity index is 1530. The number of fused-ring (bicyclic) bond motifs is 1. The molecule has 5 rings (SSSR count). The number of aryl methyl sites for hydroxylation is 1. The Morgan fingerprint density at radius 3 is 2.57 bits per heavy atom. The number of nitrogens with zero attached hydrogens (tertiary/aromatic N) is 2. The van der Waals surface area contributed by atoms with Crippen LogP contribution in [0.5, 0.6) is 0 Å². The van der Waals surface area contributed by atoms with Gasteiger partial charge in [-0.05, 0) is 55.0 Å². The Kier molecular flexibility index (Phi) is 6.27. The molecule has 0 aliphatic carbocycles. The maximum atomic E-state index is 13.5. The minimum absolute atomic E-state index is 0.00221. The summed E-state index contributed by atoms with van der Waals surface area (Å²) in [4.78, 5) is 47.0. The van der Waals surface area contributed by atoms with Crippen LogP contribution in [0.25, 0.3) is 11.3 Å². The van der Waals surface area contributed by atoms with Crippen molar-refractivity contribution in [3.63, 3.8) is 0 Å². The minimum Gasteiger partial charge on any atom is -0.355 e. The SMILES string of the molecule is CC(=O)N1CC(=O)c2c([nH]c(-c3ccnc(NC(=O)c4ccc(F)cc4C)c3)c2Nc2ccccc2)C1. The number of benzene rings is 2. The van der Waals surface area contributed by atoms with Gasteiger partial charge in [-0.25, -0.2) is 9.37 Å². The van der Waals surface area contributed by atoms with Gasteiger partial charge in [0.25, 0.3) is 5.91 Å². The molecule has 186 valence electrons. The molecule has 8 nitrogen and oxygen atoms in total. The highest BCUT2D eigenvalue weighted by molar-refractivity contribution is 6.09. The van der Waals surface area contributed by atoms with Crippen molar-refractivity contribution >= 4 is 34.8 Å². The van der Waals surface area contributed by atoms with Crippen LogP contribution < -0.4 is 10.6 Å². The average molecular weight is 498 g/mol. The molecule has 0 unspecified atom stereocenters. The monoisotopic (exact) mass is 497 g/mol. The first-order chi connectivity index (χ1) is 17.8. The maximum absolute atomic E-state index is 13.5. The summed E-state index contributed by atoms with van der Waals surface area (Å²) in [7, 11) is 0. The third-order valence-electron chi connectivity index (χ3n) is 6.25. The summed E-state index contributed by atoms with van der Waals surface area (Å²) in [6, 6.07) is 16.9. The van der Waals surface area contributed by atoms with Crippen molar-refractivity contribution in [1.29, 1.82) is 0 Å². The zero-order valence-electron chi connectivity index (χ0n) is 20.3. The zero-order valence-corrected chi connectivity index (χ0v) is 20.3. The van der Waals surface area contributed by atoms with Gasteiger partial charge in [0.2, 0.25) is 5.91 Å². The van der Waals surface area contributed by atoms with Gasteiger partial charge in [-0.3, -0.25) is 14.4 Å². The van der Waals surface area contributed by atoms with E-state index in [1.165, 1.54) is 30.0 Å². The molecule has 9 heteroatoms. The number of H-pyrrole nitrogens is 1. The summed E-state index contributed by atoms with van der Waals surface area (Å²) in [6.07, 6.45) is 1.55. The second-order valence-corrected chi connectivity index (χ2v) is 8.86. The highest BCUT2D eigenvalue weighted by atomic mass is 19.1. The van der Waals surface area contributed by atoms with Gasteiger partial charge in [0.15, 0.2) is 5.78 Å². The number of nitrogens with one attached hydrogen (secondary N) is 3. The lowest BCUT2D eigenvalue weighted by Crippen LogP contribution is -2.38. The number of rotatable bonds is 5. The number of amides is 2. The lowest BCUT2D eigenvalue weighted by atomic mass is 10.0. The van der Waals surface area contributed by atoms with E-state index in [1.807, 2.05) is 30.3 Å². The number of ketones is 1. The Labute approximate surface area is 212 Å². The zero-order chi connectivity index (χ0) is 26.1. The molecule has 0 spiro atoms. The van der Waals surface area contributed by atoms with Crippen LogP contribution >= 0.6 is 0 Å². The van der Waals surface area contributed by atoms with E-state index in [2.05, 4.69) is 20.6 Å². The smallest absolute Gasteiger partial charge is 0.257 e. The number of aromatic amines is 1. The van der Waals surface area contributed by atoms with Crippen molar-refractivity contribution in [2.75, 3.05) is 17.2 Å². The fourth-order valence-electron chi connectivity index (χ4n) is 4.43. The summed E-state index contributed by atoms with van der Waals surface area (Å²) in [6.45, 7) is 3.37. The topological polar surface area (TPSA) is 107 Å². The van der Waals surface area contributed by atoms with E-state index in [4.69, 9.17) is 0 Å². The molecule has 2 amide bonds. The molecule has 0 fully saturated rings. The molecule has 4 aromatic rings. The minimum atomic E-state index is -0.416. The van der Waals surface area contributed by atoms with Gasteiger partial charge in [-0.2, -0.15) is 0 Å². The van der Waals surface area contributed by atoms with E-state index >= 15 is 0 Å². The van der Waals surface area contributed by atoms with E-state index in [0.717, 1.165) is 5.69 Å². The first-order valence-electron chi connectivity index (χ1n) is 11.7. The number of pyridine rings is 1. The van der Waals surface area contributed by atoms with Crippen LogP contribution in [0.4, 0.5) is 21.6 Å². The van der Waals surface area contributed by atoms with Crippen LogP contribution in [0, 0.1) is 12.7 Å². The number of hydrogen-bond donors (Lipinski definition) is 3. The summed E-state index contributed by atoms with van der Waals surface area (Å²) in [5, 5.41) is 6.12. The Morgan fingerprint density at radius 1 is 1.05 bits per heavy atom. The molecule has 0 bridgehead atoms. The van der Waals surface area contributed by atoms with Crippen LogP contribution in [0.2, 0.25) is 0 Å². The normalized spacial score (nSPS) is 12.7. The molecule has 3 N–H and O–H groups in total. The van der Waals surface area contributed by atoms with Crippen LogP contribution in [-0.2, 0) is 11.3 Å². The number of hydrogen-bond acceptors (Lipinski definition) is 5. The molecule has 1 aliphatic rings. The molecule has 0 atom stereocenters. The summed E-state index contributed by atoms with van der Waals surface area (Å²) in [5.74, 6) is -0.894. The molecule has 0 radical (unpaired) electrons. The number of carbonyl (C=O) groups excluding carboxylic acids is 3. The first kappa shape index (κ1) is 23.9. The van der Waals surface area contributed by atoms with Crippen molar-refractivity contribution in [3.8, 4) is 11.3 Å². The molecule has 2 aromatic carbocycles. The van der Waals surface area contributed by atoms with E-state index in [0.29, 0.717) is 45.1 Å². The van der Waals surface area contributed by atoms with Crippen molar-refractivity contribution in [3.05, 3.63) is 95.1 Å². The van der Waals surface area contributed by atoms with Gasteiger partial charge >= 0.3 is 0 Å². The first-order valence-corrected chi connectivity index (χ1v) is 11.7. The highest BCUT2D eigenvalue weighted by Crippen LogP contribution is 2.38. The van der Waals surface area contributed by atoms with Gasteiger partial charge in [0, 0.05) is 35.6 Å². The fraction of sp³-hybridized carbons (Fsp3) is 0.143. The van der Waals surface area contributed by atoms with Crippen molar-refractivity contribution in [1.82, 2.24) is 14.9 Å². The number of anilines is 3. The van der Waals surface area contributed by atoms with E-state index in [9.17, 15) is 18.8 Å². The molecule has 2 aromatic heterocycles. The highest BCUT2D eigenvalue weighted by Gasteiger charge is 2.31. The van der Waals surface area contributed by atoms with Crippen molar-refractivity contribution in [2.24, 2.45) is 0 Å².